The smallest absolute Gasteiger partial charge is 0.319 e. The Morgan fingerprint density at radius 2 is 2.10 bits per heavy atom. The first-order chi connectivity index (χ1) is 9.77. The number of hydrogen-bond acceptors (Lipinski definition) is 6. The lowest BCUT2D eigenvalue weighted by molar-refractivity contribution is -0.386. The highest BCUT2D eigenvalue weighted by atomic mass is 16.6. The van der Waals surface area contributed by atoms with E-state index in [4.69, 9.17) is 0 Å². The molecule has 0 saturated heterocycles. The van der Waals surface area contributed by atoms with Crippen LogP contribution in [0.2, 0.25) is 0 Å². The number of carbonyl (C=O) groups excluding carboxylic acids is 1. The molecule has 0 atom stereocenters. The van der Waals surface area contributed by atoms with Gasteiger partial charge in [0, 0.05) is 29.9 Å². The molecule has 1 aromatic rings. The third-order valence-electron chi connectivity index (χ3n) is 3.40. The molecule has 7 heteroatoms. The molecule has 0 aromatic carbocycles. The molecule has 0 aliphatic rings. The molecular weight excluding hydrogens is 274 g/mol. The summed E-state index contributed by atoms with van der Waals surface area (Å²) in [6, 6.07) is 0.0886. The number of nitrogens with zero attached hydrogens (tertiary/aromatic N) is 3. The minimum atomic E-state index is -0.393. The number of methoxy groups -OCH3 is 1. The van der Waals surface area contributed by atoms with Crippen molar-refractivity contribution in [2.24, 2.45) is 0 Å². The fourth-order valence-corrected chi connectivity index (χ4v) is 2.05. The van der Waals surface area contributed by atoms with Crippen LogP contribution < -0.4 is 0 Å². The monoisotopic (exact) mass is 295 g/mol. The summed E-state index contributed by atoms with van der Waals surface area (Å²) >= 11 is 0. The summed E-state index contributed by atoms with van der Waals surface area (Å²) in [6.07, 6.45) is 1.50. The maximum Gasteiger partial charge on any atom is 0.319 e. The highest BCUT2D eigenvalue weighted by Gasteiger charge is 2.22. The van der Waals surface area contributed by atoms with Gasteiger partial charge in [0.1, 0.15) is 0 Å². The van der Waals surface area contributed by atoms with Crippen molar-refractivity contribution in [3.8, 4) is 0 Å². The highest BCUT2D eigenvalue weighted by molar-refractivity contribution is 5.71. The lowest BCUT2D eigenvalue weighted by Gasteiger charge is -2.25. The van der Waals surface area contributed by atoms with Crippen LogP contribution in [0.15, 0.2) is 6.20 Å². The van der Waals surface area contributed by atoms with E-state index in [-0.39, 0.29) is 24.2 Å². The molecule has 116 valence electrons. The number of esters is 1. The third kappa shape index (κ3) is 4.22. The molecule has 0 aliphatic carbocycles. The summed E-state index contributed by atoms with van der Waals surface area (Å²) in [5.74, 6) is -0.344. The number of hydrogen-bond donors (Lipinski definition) is 0. The highest BCUT2D eigenvalue weighted by Crippen LogP contribution is 2.25. The van der Waals surface area contributed by atoms with E-state index in [0.29, 0.717) is 23.4 Å². The minimum absolute atomic E-state index is 0.0850. The van der Waals surface area contributed by atoms with E-state index in [1.54, 1.807) is 13.8 Å². The Morgan fingerprint density at radius 3 is 2.57 bits per heavy atom. The van der Waals surface area contributed by atoms with Crippen molar-refractivity contribution in [1.29, 1.82) is 0 Å². The lowest BCUT2D eigenvalue weighted by Crippen LogP contribution is -2.36. The molecule has 0 radical (unpaired) electrons. The Morgan fingerprint density at radius 1 is 1.48 bits per heavy atom. The summed E-state index contributed by atoms with van der Waals surface area (Å²) in [7, 11) is 1.33. The SMILES string of the molecule is COC(=O)CN(Cc1ncc(C)c([N+](=O)[O-])c1C)C(C)C. The number of carbonyl (C=O) groups is 1. The van der Waals surface area contributed by atoms with E-state index in [1.165, 1.54) is 13.3 Å². The van der Waals surface area contributed by atoms with Gasteiger partial charge in [-0.3, -0.25) is 24.8 Å². The number of nitro groups is 1. The zero-order valence-corrected chi connectivity index (χ0v) is 13.0. The molecule has 1 heterocycles. The van der Waals surface area contributed by atoms with Gasteiger partial charge in [-0.1, -0.05) is 0 Å². The molecule has 0 N–H and O–H groups in total. The Bertz CT molecular complexity index is 543. The van der Waals surface area contributed by atoms with E-state index in [1.807, 2.05) is 18.7 Å². The molecule has 0 spiro atoms. The van der Waals surface area contributed by atoms with Crippen LogP contribution >= 0.6 is 0 Å². The minimum Gasteiger partial charge on any atom is -0.468 e. The van der Waals surface area contributed by atoms with Crippen molar-refractivity contribution < 1.29 is 14.5 Å². The van der Waals surface area contributed by atoms with Crippen LogP contribution in [0.3, 0.4) is 0 Å². The Labute approximate surface area is 124 Å². The van der Waals surface area contributed by atoms with Crippen LogP contribution in [0.1, 0.15) is 30.7 Å². The van der Waals surface area contributed by atoms with Gasteiger partial charge < -0.3 is 4.74 Å². The zero-order chi connectivity index (χ0) is 16.2. The summed E-state index contributed by atoms with van der Waals surface area (Å²) in [5.41, 5.74) is 1.76. The van der Waals surface area contributed by atoms with Gasteiger partial charge >= 0.3 is 5.97 Å². The first kappa shape index (κ1) is 17.0. The summed E-state index contributed by atoms with van der Waals surface area (Å²) < 4.78 is 4.67. The van der Waals surface area contributed by atoms with Gasteiger partial charge in [0.15, 0.2) is 0 Å². The average Bonchev–Trinajstić information content (AvgIpc) is 2.40. The fraction of sp³-hybridized carbons (Fsp3) is 0.571. The van der Waals surface area contributed by atoms with Gasteiger partial charge in [0.05, 0.1) is 24.3 Å². The molecule has 21 heavy (non-hydrogen) atoms. The summed E-state index contributed by atoms with van der Waals surface area (Å²) in [6.45, 7) is 7.72. The molecular formula is C14H21N3O4. The molecule has 0 saturated carbocycles. The predicted molar refractivity (Wildman–Crippen MR) is 77.9 cm³/mol. The number of ether oxygens (including phenoxy) is 1. The van der Waals surface area contributed by atoms with Gasteiger partial charge in [0.25, 0.3) is 5.69 Å². The second-order valence-corrected chi connectivity index (χ2v) is 5.19. The summed E-state index contributed by atoms with van der Waals surface area (Å²) in [4.78, 5) is 28.3. The van der Waals surface area contributed by atoms with Gasteiger partial charge in [-0.2, -0.15) is 0 Å². The van der Waals surface area contributed by atoms with Crippen molar-refractivity contribution in [2.75, 3.05) is 13.7 Å². The van der Waals surface area contributed by atoms with Gasteiger partial charge in [0.2, 0.25) is 0 Å². The van der Waals surface area contributed by atoms with E-state index in [0.717, 1.165) is 0 Å². The first-order valence-corrected chi connectivity index (χ1v) is 6.68. The second kappa shape index (κ2) is 7.12. The van der Waals surface area contributed by atoms with Crippen molar-refractivity contribution in [2.45, 2.75) is 40.3 Å². The molecule has 7 nitrogen and oxygen atoms in total. The maximum atomic E-state index is 11.4. The maximum absolute atomic E-state index is 11.4. The van der Waals surface area contributed by atoms with Crippen molar-refractivity contribution in [3.63, 3.8) is 0 Å². The van der Waals surface area contributed by atoms with Crippen LogP contribution in [-0.2, 0) is 16.1 Å². The van der Waals surface area contributed by atoms with Gasteiger partial charge in [-0.15, -0.1) is 0 Å². The van der Waals surface area contributed by atoms with Crippen LogP contribution in [0.4, 0.5) is 5.69 Å². The standard InChI is InChI=1S/C14H21N3O4/c1-9(2)16(8-13(18)21-5)7-12-11(4)14(17(19)20)10(3)6-15-12/h6,9H,7-8H2,1-5H3. The Hall–Kier alpha value is -2.02. The molecule has 0 fully saturated rings. The van der Waals surface area contributed by atoms with Gasteiger partial charge in [-0.05, 0) is 27.7 Å². The van der Waals surface area contributed by atoms with Crippen LogP contribution in [0.25, 0.3) is 0 Å². The quantitative estimate of drug-likeness (QED) is 0.453. The molecule has 0 unspecified atom stereocenters. The van der Waals surface area contributed by atoms with E-state index >= 15 is 0 Å². The number of rotatable bonds is 6. The zero-order valence-electron chi connectivity index (χ0n) is 13.0. The molecule has 0 aliphatic heterocycles. The van der Waals surface area contributed by atoms with E-state index in [9.17, 15) is 14.9 Å². The Kier molecular flexibility index (Phi) is 5.78. The predicted octanol–water partition coefficient (Wildman–Crippen LogP) is 1.99. The third-order valence-corrected chi connectivity index (χ3v) is 3.40. The van der Waals surface area contributed by atoms with Crippen molar-refractivity contribution in [3.05, 3.63) is 33.1 Å². The second-order valence-electron chi connectivity index (χ2n) is 5.19. The fourth-order valence-electron chi connectivity index (χ4n) is 2.05. The molecule has 0 amide bonds. The molecule has 1 aromatic heterocycles. The van der Waals surface area contributed by atoms with Crippen LogP contribution in [-0.4, -0.2) is 40.5 Å². The number of pyridine rings is 1. The average molecular weight is 295 g/mol. The normalized spacial score (nSPS) is 11.0. The van der Waals surface area contributed by atoms with Crippen molar-refractivity contribution >= 4 is 11.7 Å². The van der Waals surface area contributed by atoms with Crippen LogP contribution in [0.5, 0.6) is 0 Å². The van der Waals surface area contributed by atoms with Crippen LogP contribution in [0, 0.1) is 24.0 Å². The van der Waals surface area contributed by atoms with E-state index in [2.05, 4.69) is 9.72 Å². The molecule has 0 bridgehead atoms. The number of aryl methyl sites for hydroxylation is 1. The topological polar surface area (TPSA) is 85.6 Å². The Balaban J connectivity index is 3.07. The largest absolute Gasteiger partial charge is 0.468 e. The first-order valence-electron chi connectivity index (χ1n) is 6.68. The van der Waals surface area contributed by atoms with Gasteiger partial charge in [-0.25, -0.2) is 0 Å². The molecule has 1 rings (SSSR count). The summed E-state index contributed by atoms with van der Waals surface area (Å²) in [5, 5.41) is 11.1. The number of aromatic nitrogens is 1. The lowest BCUT2D eigenvalue weighted by atomic mass is 10.1. The van der Waals surface area contributed by atoms with E-state index < -0.39 is 4.92 Å². The van der Waals surface area contributed by atoms with Crippen molar-refractivity contribution in [1.82, 2.24) is 9.88 Å².